The van der Waals surface area contributed by atoms with E-state index in [1.54, 1.807) is 4.57 Å². The molecule has 112 valence electrons. The molecule has 0 unspecified atom stereocenters. The van der Waals surface area contributed by atoms with E-state index in [1.165, 1.54) is 11.8 Å². The zero-order valence-electron chi connectivity index (χ0n) is 12.4. The second kappa shape index (κ2) is 5.77. The Kier molecular flexibility index (Phi) is 3.81. The molecule has 1 heterocycles. The molecule has 0 aliphatic heterocycles. The Bertz CT molecular complexity index is 867. The molecule has 0 amide bonds. The topological polar surface area (TPSA) is 63.5 Å². The van der Waals surface area contributed by atoms with Gasteiger partial charge in [0, 0.05) is 12.4 Å². The van der Waals surface area contributed by atoms with Crippen LogP contribution in [0.25, 0.3) is 10.9 Å². The average molecular weight is 311 g/mol. The Labute approximate surface area is 133 Å². The first kappa shape index (κ1) is 14.5. The van der Waals surface area contributed by atoms with Gasteiger partial charge in [0.15, 0.2) is 0 Å². The maximum Gasteiger partial charge on any atom is 0.202 e. The molecule has 22 heavy (non-hydrogen) atoms. The monoisotopic (exact) mass is 311 g/mol. The summed E-state index contributed by atoms with van der Waals surface area (Å²) in [7, 11) is 1.84. The van der Waals surface area contributed by atoms with Crippen LogP contribution in [-0.2, 0) is 7.05 Å². The van der Waals surface area contributed by atoms with E-state index in [2.05, 4.69) is 4.99 Å². The Morgan fingerprint density at radius 2 is 1.82 bits per heavy atom. The van der Waals surface area contributed by atoms with Crippen LogP contribution in [0.3, 0.4) is 0 Å². The quantitative estimate of drug-likeness (QED) is 0.428. The molecule has 0 bridgehead atoms. The van der Waals surface area contributed by atoms with E-state index in [1.807, 2.05) is 61.8 Å². The van der Waals surface area contributed by atoms with Crippen molar-refractivity contribution in [2.45, 2.75) is 0 Å². The number of para-hydroxylation sites is 3. The lowest BCUT2D eigenvalue weighted by Gasteiger charge is -2.05. The minimum atomic E-state index is 0.212. The number of nitrogens with zero attached hydrogens (tertiary/aromatic N) is 2. The molecular formula is C17H17N3OS. The largest absolute Gasteiger partial charge is 0.494 e. The lowest BCUT2D eigenvalue weighted by Crippen LogP contribution is -1.96. The highest BCUT2D eigenvalue weighted by molar-refractivity contribution is 8.13. The summed E-state index contributed by atoms with van der Waals surface area (Å²) in [6, 6.07) is 15.3. The summed E-state index contributed by atoms with van der Waals surface area (Å²) in [6.07, 6.45) is 1.94. The highest BCUT2D eigenvalue weighted by Crippen LogP contribution is 2.34. The van der Waals surface area contributed by atoms with Crippen molar-refractivity contribution in [2.24, 2.45) is 12.0 Å². The van der Waals surface area contributed by atoms with Gasteiger partial charge in [0.25, 0.3) is 0 Å². The second-order valence-corrected chi connectivity index (χ2v) is 5.75. The predicted molar refractivity (Wildman–Crippen MR) is 95.2 cm³/mol. The van der Waals surface area contributed by atoms with Gasteiger partial charge in [0.2, 0.25) is 5.88 Å². The van der Waals surface area contributed by atoms with Crippen molar-refractivity contribution in [1.82, 2.24) is 4.57 Å². The number of fused-ring (bicyclic) bond motifs is 1. The van der Waals surface area contributed by atoms with E-state index >= 15 is 0 Å². The number of nitrogens with two attached hydrogens (primary N) is 1. The third-order valence-electron chi connectivity index (χ3n) is 3.64. The molecule has 3 rings (SSSR count). The lowest BCUT2D eigenvalue weighted by atomic mass is 10.2. The van der Waals surface area contributed by atoms with Crippen LogP contribution in [0.15, 0.2) is 53.5 Å². The zero-order chi connectivity index (χ0) is 15.7. The molecule has 0 fully saturated rings. The zero-order valence-corrected chi connectivity index (χ0v) is 13.3. The Hall–Kier alpha value is -2.40. The third kappa shape index (κ3) is 2.33. The van der Waals surface area contributed by atoms with Crippen molar-refractivity contribution >= 4 is 39.1 Å². The summed E-state index contributed by atoms with van der Waals surface area (Å²) in [5, 5.41) is 12.2. The van der Waals surface area contributed by atoms with Crippen LogP contribution >= 0.6 is 11.8 Å². The summed E-state index contributed by atoms with van der Waals surface area (Å²) in [6.45, 7) is 0. The van der Waals surface area contributed by atoms with E-state index in [-0.39, 0.29) is 5.88 Å². The fourth-order valence-corrected chi connectivity index (χ4v) is 3.09. The first-order valence-corrected chi connectivity index (χ1v) is 8.10. The van der Waals surface area contributed by atoms with Gasteiger partial charge in [-0.2, -0.15) is 0 Å². The van der Waals surface area contributed by atoms with Crippen LogP contribution in [0.5, 0.6) is 5.88 Å². The molecular weight excluding hydrogens is 294 g/mol. The highest BCUT2D eigenvalue weighted by Gasteiger charge is 2.18. The maximum atomic E-state index is 10.5. The summed E-state index contributed by atoms with van der Waals surface area (Å²) in [4.78, 5) is 4.65. The molecule has 0 aliphatic rings. The molecule has 0 atom stereocenters. The third-order valence-corrected chi connectivity index (χ3v) is 4.32. The van der Waals surface area contributed by atoms with Crippen LogP contribution in [0.4, 0.5) is 11.4 Å². The first-order chi connectivity index (χ1) is 10.6. The molecule has 3 aromatic rings. The summed E-state index contributed by atoms with van der Waals surface area (Å²) >= 11 is 1.49. The SMILES string of the molecule is CSC(=Nc1ccccc1N)c1c(O)n(C)c2ccccc12. The predicted octanol–water partition coefficient (Wildman–Crippen LogP) is 3.91. The number of aryl methyl sites for hydroxylation is 1. The van der Waals surface area contributed by atoms with Gasteiger partial charge in [-0.3, -0.25) is 0 Å². The fraction of sp³-hybridized carbons (Fsp3) is 0.118. The van der Waals surface area contributed by atoms with Gasteiger partial charge in [-0.25, -0.2) is 4.99 Å². The smallest absolute Gasteiger partial charge is 0.202 e. The first-order valence-electron chi connectivity index (χ1n) is 6.87. The van der Waals surface area contributed by atoms with Gasteiger partial charge < -0.3 is 15.4 Å². The van der Waals surface area contributed by atoms with Crippen molar-refractivity contribution < 1.29 is 5.11 Å². The van der Waals surface area contributed by atoms with Crippen molar-refractivity contribution in [2.75, 3.05) is 12.0 Å². The van der Waals surface area contributed by atoms with E-state index in [0.717, 1.165) is 21.5 Å². The number of anilines is 1. The Morgan fingerprint density at radius 1 is 1.14 bits per heavy atom. The minimum absolute atomic E-state index is 0.212. The van der Waals surface area contributed by atoms with Crippen molar-refractivity contribution in [3.63, 3.8) is 0 Å². The van der Waals surface area contributed by atoms with Crippen LogP contribution in [0, 0.1) is 0 Å². The molecule has 0 radical (unpaired) electrons. The average Bonchev–Trinajstić information content (AvgIpc) is 2.79. The van der Waals surface area contributed by atoms with Crippen molar-refractivity contribution in [3.8, 4) is 5.88 Å². The normalized spacial score (nSPS) is 12.0. The molecule has 2 aromatic carbocycles. The summed E-state index contributed by atoms with van der Waals surface area (Å²) < 4.78 is 1.77. The number of hydrogen-bond donors (Lipinski definition) is 2. The molecule has 0 saturated carbocycles. The number of nitrogen functional groups attached to an aromatic ring is 1. The summed E-state index contributed by atoms with van der Waals surface area (Å²) in [5.74, 6) is 0.212. The number of thioether (sulfide) groups is 1. The number of hydrogen-bond acceptors (Lipinski definition) is 4. The summed E-state index contributed by atoms with van der Waals surface area (Å²) in [5.41, 5.74) is 9.01. The highest BCUT2D eigenvalue weighted by atomic mass is 32.2. The van der Waals surface area contributed by atoms with Crippen molar-refractivity contribution in [3.05, 3.63) is 54.1 Å². The molecule has 3 N–H and O–H groups in total. The molecule has 4 nitrogen and oxygen atoms in total. The van der Waals surface area contributed by atoms with E-state index < -0.39 is 0 Å². The van der Waals surface area contributed by atoms with Gasteiger partial charge >= 0.3 is 0 Å². The lowest BCUT2D eigenvalue weighted by molar-refractivity contribution is 0.434. The van der Waals surface area contributed by atoms with Crippen LogP contribution in [0.1, 0.15) is 5.56 Å². The number of aromatic hydroxyl groups is 1. The fourth-order valence-electron chi connectivity index (χ4n) is 2.49. The number of rotatable bonds is 2. The van der Waals surface area contributed by atoms with Crippen LogP contribution in [0.2, 0.25) is 0 Å². The van der Waals surface area contributed by atoms with Crippen LogP contribution in [-0.4, -0.2) is 21.0 Å². The van der Waals surface area contributed by atoms with Crippen LogP contribution < -0.4 is 5.73 Å². The number of benzene rings is 2. The Morgan fingerprint density at radius 3 is 2.55 bits per heavy atom. The van der Waals surface area contributed by atoms with Gasteiger partial charge in [-0.1, -0.05) is 30.3 Å². The molecule has 0 aliphatic carbocycles. The number of aliphatic imine (C=N–C) groups is 1. The van der Waals surface area contributed by atoms with Gasteiger partial charge in [-0.05, 0) is 24.5 Å². The van der Waals surface area contributed by atoms with E-state index in [0.29, 0.717) is 11.4 Å². The van der Waals surface area contributed by atoms with Gasteiger partial charge in [-0.15, -0.1) is 11.8 Å². The standard InChI is InChI=1S/C17H17N3OS/c1-20-14-10-6-3-7-11(14)15(17(20)21)16(22-2)19-13-9-5-4-8-12(13)18/h3-10,21H,18H2,1-2H3. The minimum Gasteiger partial charge on any atom is -0.494 e. The molecule has 0 spiro atoms. The van der Waals surface area contributed by atoms with Gasteiger partial charge in [0.05, 0.1) is 22.5 Å². The van der Waals surface area contributed by atoms with Gasteiger partial charge in [0.1, 0.15) is 5.04 Å². The van der Waals surface area contributed by atoms with E-state index in [4.69, 9.17) is 5.73 Å². The molecule has 5 heteroatoms. The molecule has 1 aromatic heterocycles. The Balaban J connectivity index is 2.25. The van der Waals surface area contributed by atoms with E-state index in [9.17, 15) is 5.11 Å². The van der Waals surface area contributed by atoms with Crippen molar-refractivity contribution in [1.29, 1.82) is 0 Å². The molecule has 0 saturated heterocycles. The maximum absolute atomic E-state index is 10.5. The second-order valence-electron chi connectivity index (χ2n) is 4.95. The number of aromatic nitrogens is 1.